The number of hydrogen-bond acceptors (Lipinski definition) is 8. The zero-order chi connectivity index (χ0) is 28.1. The van der Waals surface area contributed by atoms with E-state index in [2.05, 4.69) is 10.3 Å². The zero-order valence-corrected chi connectivity index (χ0v) is 24.1. The molecule has 0 saturated carbocycles. The van der Waals surface area contributed by atoms with E-state index in [1.807, 2.05) is 60.4 Å². The molecule has 2 aliphatic heterocycles. The Bertz CT molecular complexity index is 1400. The second kappa shape index (κ2) is 12.8. The number of esters is 1. The van der Waals surface area contributed by atoms with Crippen LogP contribution in [0.2, 0.25) is 5.02 Å². The van der Waals surface area contributed by atoms with E-state index in [1.54, 1.807) is 11.6 Å². The second-order valence-corrected chi connectivity index (χ2v) is 11.0. The summed E-state index contributed by atoms with van der Waals surface area (Å²) in [7, 11) is 0. The summed E-state index contributed by atoms with van der Waals surface area (Å²) in [5, 5.41) is 9.22. The van der Waals surface area contributed by atoms with Gasteiger partial charge >= 0.3 is 5.97 Å². The second-order valence-electron chi connectivity index (χ2n) is 9.63. The number of halogens is 1. The number of fused-ring (bicyclic) bond motifs is 1. The van der Waals surface area contributed by atoms with Gasteiger partial charge in [-0.2, -0.15) is 4.98 Å². The molecule has 0 bridgehead atoms. The normalized spacial score (nSPS) is 16.8. The third-order valence-corrected chi connectivity index (χ3v) is 8.17. The number of anilines is 1. The van der Waals surface area contributed by atoms with Gasteiger partial charge in [-0.25, -0.2) is 9.48 Å². The van der Waals surface area contributed by atoms with E-state index in [9.17, 15) is 9.59 Å². The van der Waals surface area contributed by atoms with Crippen molar-refractivity contribution in [2.75, 3.05) is 31.6 Å². The van der Waals surface area contributed by atoms with Crippen molar-refractivity contribution in [2.24, 2.45) is 0 Å². The number of hydrogen-bond donors (Lipinski definition) is 1. The van der Waals surface area contributed by atoms with Crippen molar-refractivity contribution in [3.8, 4) is 5.75 Å². The molecule has 1 saturated heterocycles. The quantitative estimate of drug-likeness (QED) is 0.262. The average molecular weight is 582 g/mol. The van der Waals surface area contributed by atoms with Crippen molar-refractivity contribution >= 4 is 41.2 Å². The van der Waals surface area contributed by atoms with Gasteiger partial charge in [-0.1, -0.05) is 53.7 Å². The van der Waals surface area contributed by atoms with E-state index in [0.29, 0.717) is 38.9 Å². The van der Waals surface area contributed by atoms with Crippen LogP contribution in [0.25, 0.3) is 0 Å². The smallest absolute Gasteiger partial charge is 0.338 e. The summed E-state index contributed by atoms with van der Waals surface area (Å²) < 4.78 is 12.9. The highest BCUT2D eigenvalue weighted by molar-refractivity contribution is 7.98. The first-order valence-corrected chi connectivity index (χ1v) is 14.8. The number of amides is 1. The zero-order valence-electron chi connectivity index (χ0n) is 22.6. The molecule has 9 nitrogen and oxygen atoms in total. The Balaban J connectivity index is 1.37. The highest BCUT2D eigenvalue weighted by atomic mass is 35.5. The minimum absolute atomic E-state index is 0.000589. The monoisotopic (exact) mass is 581 g/mol. The van der Waals surface area contributed by atoms with Gasteiger partial charge in [0.15, 0.2) is 6.61 Å². The largest absolute Gasteiger partial charge is 0.484 e. The number of carbonyl (C=O) groups excluding carboxylic acids is 2. The molecule has 11 heteroatoms. The molecule has 1 fully saturated rings. The van der Waals surface area contributed by atoms with E-state index in [-0.39, 0.29) is 19.1 Å². The molecule has 1 unspecified atom stereocenters. The number of aromatic nitrogens is 3. The van der Waals surface area contributed by atoms with E-state index >= 15 is 0 Å². The molecule has 3 aromatic rings. The van der Waals surface area contributed by atoms with Gasteiger partial charge in [0.05, 0.1) is 12.2 Å². The molecule has 1 amide bonds. The Kier molecular flexibility index (Phi) is 8.96. The van der Waals surface area contributed by atoms with Gasteiger partial charge in [-0.3, -0.25) is 4.79 Å². The molecule has 0 aliphatic carbocycles. The molecule has 1 atom stereocenters. The van der Waals surface area contributed by atoms with Gasteiger partial charge in [0.25, 0.3) is 5.91 Å². The van der Waals surface area contributed by atoms with E-state index in [1.165, 1.54) is 18.2 Å². The number of nitrogens with zero attached hydrogens (tertiary/aromatic N) is 4. The van der Waals surface area contributed by atoms with Gasteiger partial charge in [-0.05, 0) is 62.4 Å². The summed E-state index contributed by atoms with van der Waals surface area (Å²) in [5.41, 5.74) is 2.91. The predicted molar refractivity (Wildman–Crippen MR) is 154 cm³/mol. The van der Waals surface area contributed by atoms with Gasteiger partial charge in [0, 0.05) is 29.6 Å². The van der Waals surface area contributed by atoms with Crippen molar-refractivity contribution in [2.45, 2.75) is 50.1 Å². The number of nitrogens with one attached hydrogen (secondary N) is 1. The number of ether oxygens (including phenoxy) is 2. The topological polar surface area (TPSA) is 98.6 Å². The Morgan fingerprint density at radius 1 is 1.10 bits per heavy atom. The molecular formula is C29H32ClN5O4S. The van der Waals surface area contributed by atoms with Crippen LogP contribution in [0.5, 0.6) is 5.75 Å². The van der Waals surface area contributed by atoms with Crippen LogP contribution in [-0.2, 0) is 20.1 Å². The van der Waals surface area contributed by atoms with Crippen LogP contribution in [-0.4, -0.2) is 57.8 Å². The molecule has 1 N–H and O–H groups in total. The lowest BCUT2D eigenvalue weighted by Gasteiger charge is -2.28. The maximum Gasteiger partial charge on any atom is 0.338 e. The van der Waals surface area contributed by atoms with Gasteiger partial charge in [0.1, 0.15) is 11.8 Å². The SMILES string of the molecule is CCOC(=O)C1=C(C)Nc2nc(SCc3ccccc3Cl)nn2C1c1ccc(OCC(=O)N2CCCCC2)cc1. The van der Waals surface area contributed by atoms with Crippen LogP contribution in [0.4, 0.5) is 5.95 Å². The highest BCUT2D eigenvalue weighted by Crippen LogP contribution is 2.37. The molecule has 210 valence electrons. The first-order chi connectivity index (χ1) is 19.4. The van der Waals surface area contributed by atoms with Crippen LogP contribution in [0, 0.1) is 0 Å². The van der Waals surface area contributed by atoms with Crippen molar-refractivity contribution in [1.29, 1.82) is 0 Å². The Labute approximate surface area is 242 Å². The summed E-state index contributed by atoms with van der Waals surface area (Å²) in [6, 6.07) is 14.5. The molecule has 5 rings (SSSR count). The molecule has 0 radical (unpaired) electrons. The lowest BCUT2D eigenvalue weighted by molar-refractivity contribution is -0.139. The van der Waals surface area contributed by atoms with Crippen molar-refractivity contribution in [1.82, 2.24) is 19.7 Å². The summed E-state index contributed by atoms with van der Waals surface area (Å²) >= 11 is 7.79. The minimum atomic E-state index is -0.554. The fraction of sp³-hybridized carbons (Fsp3) is 0.379. The molecular weight excluding hydrogens is 550 g/mol. The molecule has 3 heterocycles. The number of carbonyl (C=O) groups is 2. The maximum atomic E-state index is 13.1. The fourth-order valence-corrected chi connectivity index (χ4v) is 5.97. The van der Waals surface area contributed by atoms with Crippen LogP contribution < -0.4 is 10.1 Å². The summed E-state index contributed by atoms with van der Waals surface area (Å²) in [4.78, 5) is 32.1. The van der Waals surface area contributed by atoms with Crippen molar-refractivity contribution < 1.29 is 19.1 Å². The van der Waals surface area contributed by atoms with Gasteiger partial charge in [-0.15, -0.1) is 5.10 Å². The minimum Gasteiger partial charge on any atom is -0.484 e. The Morgan fingerprint density at radius 2 is 1.85 bits per heavy atom. The predicted octanol–water partition coefficient (Wildman–Crippen LogP) is 5.47. The number of benzene rings is 2. The Hall–Kier alpha value is -3.50. The number of allylic oxidation sites excluding steroid dienone is 1. The first-order valence-electron chi connectivity index (χ1n) is 13.4. The van der Waals surface area contributed by atoms with Crippen LogP contribution >= 0.6 is 23.4 Å². The van der Waals surface area contributed by atoms with Crippen LogP contribution in [0.15, 0.2) is 65.0 Å². The van der Waals surface area contributed by atoms with Crippen molar-refractivity contribution in [3.63, 3.8) is 0 Å². The third-order valence-electron chi connectivity index (χ3n) is 6.91. The number of rotatable bonds is 9. The maximum absolute atomic E-state index is 13.1. The summed E-state index contributed by atoms with van der Waals surface area (Å²) in [6.07, 6.45) is 3.24. The molecule has 1 aromatic heterocycles. The number of thioether (sulfide) groups is 1. The molecule has 40 heavy (non-hydrogen) atoms. The third kappa shape index (κ3) is 6.28. The Morgan fingerprint density at radius 3 is 2.58 bits per heavy atom. The molecule has 2 aliphatic rings. The average Bonchev–Trinajstić information content (AvgIpc) is 3.38. The van der Waals surface area contributed by atoms with Gasteiger partial charge < -0.3 is 19.7 Å². The van der Waals surface area contributed by atoms with E-state index in [4.69, 9.17) is 26.2 Å². The molecule has 2 aromatic carbocycles. The number of likely N-dealkylation sites (tertiary alicyclic amines) is 1. The number of piperidine rings is 1. The first kappa shape index (κ1) is 28.0. The molecule has 0 spiro atoms. The van der Waals surface area contributed by atoms with E-state index in [0.717, 1.165) is 37.1 Å². The van der Waals surface area contributed by atoms with Crippen LogP contribution in [0.1, 0.15) is 50.3 Å². The standard InChI is InChI=1S/C29H32ClN5O4S/c1-3-38-27(37)25-19(2)31-28-32-29(40-18-21-9-5-6-10-23(21)30)33-35(28)26(25)20-11-13-22(14-12-20)39-17-24(36)34-15-7-4-8-16-34/h5-6,9-14,26H,3-4,7-8,15-18H2,1-2H3,(H,31,32,33). The van der Waals surface area contributed by atoms with Crippen LogP contribution in [0.3, 0.4) is 0 Å². The fourth-order valence-electron chi connectivity index (χ4n) is 4.86. The van der Waals surface area contributed by atoms with Gasteiger partial charge in [0.2, 0.25) is 11.1 Å². The van der Waals surface area contributed by atoms with Crippen molar-refractivity contribution in [3.05, 3.63) is 76.0 Å². The lowest BCUT2D eigenvalue weighted by Crippen LogP contribution is -2.38. The summed E-state index contributed by atoms with van der Waals surface area (Å²) in [6.45, 7) is 5.44. The summed E-state index contributed by atoms with van der Waals surface area (Å²) in [5.74, 6) is 1.30. The highest BCUT2D eigenvalue weighted by Gasteiger charge is 2.35. The lowest BCUT2D eigenvalue weighted by atomic mass is 9.96. The van der Waals surface area contributed by atoms with E-state index < -0.39 is 12.0 Å².